The fourth-order valence-corrected chi connectivity index (χ4v) is 3.34. The van der Waals surface area contributed by atoms with Crippen molar-refractivity contribution in [3.63, 3.8) is 0 Å². The van der Waals surface area contributed by atoms with Gasteiger partial charge in [0, 0.05) is 22.9 Å². The number of aromatic nitrogens is 4. The van der Waals surface area contributed by atoms with Gasteiger partial charge in [-0.2, -0.15) is 9.61 Å². The monoisotopic (exact) mass is 381 g/mol. The van der Waals surface area contributed by atoms with E-state index < -0.39 is 0 Å². The Morgan fingerprint density at radius 1 is 1.07 bits per heavy atom. The first-order valence-electron chi connectivity index (χ1n) is 7.98. The van der Waals surface area contributed by atoms with Crippen LogP contribution in [0, 0.1) is 0 Å². The number of carbonyl (C=O) groups excluding carboxylic acids is 1. The minimum atomic E-state index is -0.251. The number of rotatable bonds is 5. The van der Waals surface area contributed by atoms with Gasteiger partial charge >= 0.3 is 0 Å². The van der Waals surface area contributed by atoms with Crippen molar-refractivity contribution in [1.82, 2.24) is 19.8 Å². The summed E-state index contributed by atoms with van der Waals surface area (Å²) < 4.78 is 12.0. The molecule has 27 heavy (non-hydrogen) atoms. The zero-order chi connectivity index (χ0) is 18.8. The maximum Gasteiger partial charge on any atom is 0.255 e. The van der Waals surface area contributed by atoms with E-state index in [1.54, 1.807) is 43.3 Å². The fraction of sp³-hybridized carbons (Fsp3) is 0.111. The van der Waals surface area contributed by atoms with Crippen molar-refractivity contribution in [3.05, 3.63) is 54.4 Å². The number of ether oxygens (including phenoxy) is 2. The minimum absolute atomic E-state index is 0.251. The normalized spacial score (nSPS) is 10.7. The van der Waals surface area contributed by atoms with E-state index in [-0.39, 0.29) is 5.91 Å². The van der Waals surface area contributed by atoms with E-state index in [2.05, 4.69) is 20.6 Å². The Bertz CT molecular complexity index is 1050. The number of hydrogen-bond acceptors (Lipinski definition) is 7. The molecule has 2 aromatic heterocycles. The second-order valence-electron chi connectivity index (χ2n) is 5.60. The lowest BCUT2D eigenvalue weighted by Crippen LogP contribution is -2.12. The highest BCUT2D eigenvalue weighted by Crippen LogP contribution is 2.27. The second kappa shape index (κ2) is 7.04. The molecule has 0 bridgehead atoms. The standard InChI is InChI=1S/C18H15N5O3S/c1-25-14-7-12(8-15(9-14)26-2)16(24)20-13-5-3-11(4-6-13)17-22-23-10-19-21-18(23)27-17/h3-10H,1-2H3,(H,20,24). The lowest BCUT2D eigenvalue weighted by atomic mass is 10.1. The number of nitrogens with zero attached hydrogens (tertiary/aromatic N) is 4. The third-order valence-electron chi connectivity index (χ3n) is 3.89. The molecule has 2 heterocycles. The number of benzene rings is 2. The van der Waals surface area contributed by atoms with Gasteiger partial charge in [0.25, 0.3) is 5.91 Å². The zero-order valence-corrected chi connectivity index (χ0v) is 15.4. The smallest absolute Gasteiger partial charge is 0.255 e. The van der Waals surface area contributed by atoms with E-state index in [9.17, 15) is 4.79 Å². The van der Waals surface area contributed by atoms with Crippen LogP contribution in [0.25, 0.3) is 15.5 Å². The van der Waals surface area contributed by atoms with Crippen LogP contribution in [-0.2, 0) is 0 Å². The predicted octanol–water partition coefficient (Wildman–Crippen LogP) is 3.12. The highest BCUT2D eigenvalue weighted by molar-refractivity contribution is 7.19. The number of nitrogens with one attached hydrogen (secondary N) is 1. The Kier molecular flexibility index (Phi) is 4.43. The number of hydrogen-bond donors (Lipinski definition) is 1. The Hall–Kier alpha value is -3.46. The number of carbonyl (C=O) groups is 1. The van der Waals surface area contributed by atoms with Crippen molar-refractivity contribution in [2.75, 3.05) is 19.5 Å². The molecule has 2 aromatic carbocycles. The molecule has 136 valence electrons. The molecule has 4 rings (SSSR count). The number of methoxy groups -OCH3 is 2. The van der Waals surface area contributed by atoms with Crippen LogP contribution in [0.3, 0.4) is 0 Å². The lowest BCUT2D eigenvalue weighted by molar-refractivity contribution is 0.102. The van der Waals surface area contributed by atoms with Crippen molar-refractivity contribution >= 4 is 27.9 Å². The van der Waals surface area contributed by atoms with Crippen LogP contribution < -0.4 is 14.8 Å². The van der Waals surface area contributed by atoms with Crippen molar-refractivity contribution < 1.29 is 14.3 Å². The molecule has 0 unspecified atom stereocenters. The van der Waals surface area contributed by atoms with E-state index in [4.69, 9.17) is 9.47 Å². The maximum absolute atomic E-state index is 12.5. The van der Waals surface area contributed by atoms with Gasteiger partial charge in [0.05, 0.1) is 14.2 Å². The predicted molar refractivity (Wildman–Crippen MR) is 102 cm³/mol. The van der Waals surface area contributed by atoms with Gasteiger partial charge in [-0.3, -0.25) is 4.79 Å². The van der Waals surface area contributed by atoms with Crippen molar-refractivity contribution in [1.29, 1.82) is 0 Å². The van der Waals surface area contributed by atoms with Gasteiger partial charge in [0.2, 0.25) is 4.96 Å². The van der Waals surface area contributed by atoms with Gasteiger partial charge in [-0.25, -0.2) is 0 Å². The molecule has 0 saturated carbocycles. The van der Waals surface area contributed by atoms with Crippen LogP contribution in [0.5, 0.6) is 11.5 Å². The summed E-state index contributed by atoms with van der Waals surface area (Å²) in [6, 6.07) is 12.5. The first-order valence-corrected chi connectivity index (χ1v) is 8.79. The largest absolute Gasteiger partial charge is 0.497 e. The van der Waals surface area contributed by atoms with Crippen molar-refractivity contribution in [2.24, 2.45) is 0 Å². The highest BCUT2D eigenvalue weighted by Gasteiger charge is 2.11. The summed E-state index contributed by atoms with van der Waals surface area (Å²) in [6.45, 7) is 0. The molecular formula is C18H15N5O3S. The van der Waals surface area contributed by atoms with Gasteiger partial charge in [-0.15, -0.1) is 10.2 Å². The minimum Gasteiger partial charge on any atom is -0.497 e. The molecule has 0 spiro atoms. The Balaban J connectivity index is 1.52. The van der Waals surface area contributed by atoms with E-state index >= 15 is 0 Å². The summed E-state index contributed by atoms with van der Waals surface area (Å²) in [5.74, 6) is 0.856. The number of amides is 1. The van der Waals surface area contributed by atoms with Gasteiger partial charge in [0.1, 0.15) is 22.8 Å². The summed E-state index contributed by atoms with van der Waals surface area (Å²) in [5.41, 5.74) is 2.06. The SMILES string of the molecule is COc1cc(OC)cc(C(=O)Nc2ccc(-c3nn4cnnc4s3)cc2)c1. The zero-order valence-electron chi connectivity index (χ0n) is 14.5. The summed E-state index contributed by atoms with van der Waals surface area (Å²) >= 11 is 1.44. The Morgan fingerprint density at radius 2 is 1.78 bits per heavy atom. The summed E-state index contributed by atoms with van der Waals surface area (Å²) in [5, 5.41) is 15.9. The van der Waals surface area contributed by atoms with Gasteiger partial charge in [0.15, 0.2) is 0 Å². The van der Waals surface area contributed by atoms with Crippen LogP contribution in [0.15, 0.2) is 48.8 Å². The van der Waals surface area contributed by atoms with E-state index in [1.807, 2.05) is 24.3 Å². The molecule has 0 radical (unpaired) electrons. The van der Waals surface area contributed by atoms with E-state index in [0.29, 0.717) is 22.7 Å². The Morgan fingerprint density at radius 3 is 2.41 bits per heavy atom. The molecule has 1 amide bonds. The van der Waals surface area contributed by atoms with Gasteiger partial charge in [-0.05, 0) is 36.4 Å². The van der Waals surface area contributed by atoms with Crippen LogP contribution in [0.2, 0.25) is 0 Å². The molecule has 8 nitrogen and oxygen atoms in total. The molecule has 0 fully saturated rings. The summed E-state index contributed by atoms with van der Waals surface area (Å²) in [6.07, 6.45) is 1.56. The summed E-state index contributed by atoms with van der Waals surface area (Å²) in [7, 11) is 3.09. The van der Waals surface area contributed by atoms with Gasteiger partial charge < -0.3 is 14.8 Å². The molecule has 4 aromatic rings. The van der Waals surface area contributed by atoms with Crippen LogP contribution in [-0.4, -0.2) is 39.9 Å². The lowest BCUT2D eigenvalue weighted by Gasteiger charge is -2.09. The van der Waals surface area contributed by atoms with Crippen LogP contribution in [0.1, 0.15) is 10.4 Å². The Labute approximate surface area is 158 Å². The molecule has 0 atom stereocenters. The second-order valence-corrected chi connectivity index (χ2v) is 6.55. The van der Waals surface area contributed by atoms with Crippen molar-refractivity contribution in [3.8, 4) is 22.1 Å². The molecule has 0 saturated heterocycles. The van der Waals surface area contributed by atoms with Crippen LogP contribution in [0.4, 0.5) is 5.69 Å². The number of fused-ring (bicyclic) bond motifs is 1. The maximum atomic E-state index is 12.5. The van der Waals surface area contributed by atoms with E-state index in [1.165, 1.54) is 11.3 Å². The average molecular weight is 381 g/mol. The quantitative estimate of drug-likeness (QED) is 0.571. The molecule has 0 aliphatic rings. The van der Waals surface area contributed by atoms with Crippen molar-refractivity contribution in [2.45, 2.75) is 0 Å². The number of anilines is 1. The first kappa shape index (κ1) is 17.0. The first-order chi connectivity index (χ1) is 13.2. The fourth-order valence-electron chi connectivity index (χ4n) is 2.51. The van der Waals surface area contributed by atoms with E-state index in [0.717, 1.165) is 15.5 Å². The molecule has 1 N–H and O–H groups in total. The topological polar surface area (TPSA) is 90.6 Å². The molecule has 0 aliphatic heterocycles. The van der Waals surface area contributed by atoms with Gasteiger partial charge in [-0.1, -0.05) is 11.3 Å². The highest BCUT2D eigenvalue weighted by atomic mass is 32.1. The molecular weight excluding hydrogens is 366 g/mol. The third kappa shape index (κ3) is 3.44. The van der Waals surface area contributed by atoms with Crippen LogP contribution >= 0.6 is 11.3 Å². The molecule has 9 heteroatoms. The third-order valence-corrected chi connectivity index (χ3v) is 4.85. The summed E-state index contributed by atoms with van der Waals surface area (Å²) in [4.78, 5) is 13.3. The molecule has 0 aliphatic carbocycles. The average Bonchev–Trinajstić information content (AvgIpc) is 3.30.